The molecule has 0 saturated heterocycles. The average Bonchev–Trinajstić information content (AvgIpc) is 2.32. The second kappa shape index (κ2) is 6.51. The normalized spacial score (nSPS) is 11.9. The number of carbonyl (C=O) groups excluding carboxylic acids is 1. The molecule has 0 aromatic heterocycles. The van der Waals surface area contributed by atoms with Gasteiger partial charge in [-0.3, -0.25) is 4.79 Å². The van der Waals surface area contributed by atoms with Gasteiger partial charge >= 0.3 is 5.97 Å². The van der Waals surface area contributed by atoms with Crippen LogP contribution in [0.5, 0.6) is 0 Å². The van der Waals surface area contributed by atoms with E-state index in [1.54, 1.807) is 0 Å². The fraction of sp³-hybridized carbons (Fsp3) is 0.333. The van der Waals surface area contributed by atoms with E-state index in [0.29, 0.717) is 13.0 Å². The lowest BCUT2D eigenvalue weighted by Gasteiger charge is -2.10. The molecule has 4 N–H and O–H groups in total. The van der Waals surface area contributed by atoms with E-state index < -0.39 is 17.9 Å². The molecule has 0 radical (unpaired) electrons. The van der Waals surface area contributed by atoms with Crippen LogP contribution in [0, 0.1) is 6.92 Å². The van der Waals surface area contributed by atoms with Crippen LogP contribution in [0.25, 0.3) is 0 Å². The number of amides is 1. The summed E-state index contributed by atoms with van der Waals surface area (Å²) in [6.45, 7) is 2.34. The second-order valence-corrected chi connectivity index (χ2v) is 4.84. The summed E-state index contributed by atoms with van der Waals surface area (Å²) in [5.74, 6) is -2.00. The van der Waals surface area contributed by atoms with Crippen molar-refractivity contribution < 1.29 is 14.7 Å². The lowest BCUT2D eigenvalue weighted by Crippen LogP contribution is -2.46. The molecule has 0 heterocycles. The Morgan fingerprint density at radius 1 is 1.50 bits per heavy atom. The zero-order valence-electron chi connectivity index (χ0n) is 9.94. The average molecular weight is 315 g/mol. The lowest BCUT2D eigenvalue weighted by atomic mass is 10.1. The summed E-state index contributed by atoms with van der Waals surface area (Å²) in [6, 6.07) is 4.38. The number of aryl methyl sites for hydroxylation is 1. The summed E-state index contributed by atoms with van der Waals surface area (Å²) in [5.41, 5.74) is 7.39. The number of hydrogen-bond acceptors (Lipinski definition) is 3. The molecule has 1 unspecified atom stereocenters. The molecular weight excluding hydrogens is 300 g/mol. The topological polar surface area (TPSA) is 92.4 Å². The van der Waals surface area contributed by atoms with Crippen LogP contribution in [0.4, 0.5) is 0 Å². The molecule has 0 saturated carbocycles. The number of aliphatic carboxylic acids is 1. The molecule has 0 aliphatic heterocycles. The monoisotopic (exact) mass is 314 g/mol. The maximum absolute atomic E-state index is 11.3. The van der Waals surface area contributed by atoms with Crippen LogP contribution in [0.15, 0.2) is 22.7 Å². The third kappa shape index (κ3) is 4.12. The maximum atomic E-state index is 11.3. The van der Waals surface area contributed by atoms with E-state index in [9.17, 15) is 9.59 Å². The summed E-state index contributed by atoms with van der Waals surface area (Å²) in [6.07, 6.45) is 0.628. The summed E-state index contributed by atoms with van der Waals surface area (Å²) in [4.78, 5) is 21.8. The molecule has 6 heteroatoms. The van der Waals surface area contributed by atoms with E-state index in [1.807, 2.05) is 25.1 Å². The Morgan fingerprint density at radius 3 is 2.78 bits per heavy atom. The van der Waals surface area contributed by atoms with Gasteiger partial charge in [0.05, 0.1) is 0 Å². The van der Waals surface area contributed by atoms with E-state index in [-0.39, 0.29) is 0 Å². The number of carboxylic acids is 1. The second-order valence-electron chi connectivity index (χ2n) is 3.93. The Labute approximate surface area is 113 Å². The minimum atomic E-state index is -1.51. The van der Waals surface area contributed by atoms with Crippen molar-refractivity contribution in [1.82, 2.24) is 5.32 Å². The van der Waals surface area contributed by atoms with Crippen molar-refractivity contribution in [2.75, 3.05) is 6.54 Å². The van der Waals surface area contributed by atoms with Gasteiger partial charge in [0.15, 0.2) is 6.04 Å². The Kier molecular flexibility index (Phi) is 5.30. The number of carbonyl (C=O) groups is 2. The van der Waals surface area contributed by atoms with Crippen LogP contribution < -0.4 is 11.1 Å². The van der Waals surface area contributed by atoms with Gasteiger partial charge in [-0.15, -0.1) is 0 Å². The molecule has 0 spiro atoms. The van der Waals surface area contributed by atoms with Gasteiger partial charge in [0.2, 0.25) is 5.91 Å². The van der Waals surface area contributed by atoms with Crippen molar-refractivity contribution in [3.63, 3.8) is 0 Å². The number of halogens is 1. The highest BCUT2D eigenvalue weighted by atomic mass is 79.9. The summed E-state index contributed by atoms with van der Waals surface area (Å²) < 4.78 is 0.969. The molecule has 1 aromatic rings. The highest BCUT2D eigenvalue weighted by molar-refractivity contribution is 9.10. The molecule has 1 aromatic carbocycles. The van der Waals surface area contributed by atoms with Gasteiger partial charge < -0.3 is 16.2 Å². The van der Waals surface area contributed by atoms with Gasteiger partial charge in [-0.05, 0) is 36.6 Å². The molecule has 0 aliphatic rings. The molecule has 1 rings (SSSR count). The number of rotatable bonds is 5. The molecule has 1 atom stereocenters. The Balaban J connectivity index is 2.49. The number of hydrogen-bond donors (Lipinski definition) is 3. The third-order valence-electron chi connectivity index (χ3n) is 2.55. The van der Waals surface area contributed by atoms with Crippen LogP contribution in [-0.4, -0.2) is 29.6 Å². The van der Waals surface area contributed by atoms with Crippen LogP contribution >= 0.6 is 15.9 Å². The molecule has 98 valence electrons. The van der Waals surface area contributed by atoms with Gasteiger partial charge in [-0.1, -0.05) is 22.0 Å². The Morgan fingerprint density at radius 2 is 2.17 bits per heavy atom. The van der Waals surface area contributed by atoms with E-state index in [4.69, 9.17) is 10.8 Å². The molecule has 1 amide bonds. The summed E-state index contributed by atoms with van der Waals surface area (Å²) >= 11 is 3.37. The van der Waals surface area contributed by atoms with Gasteiger partial charge in [0.25, 0.3) is 0 Å². The molecule has 5 nitrogen and oxygen atoms in total. The lowest BCUT2D eigenvalue weighted by molar-refractivity contribution is -0.142. The van der Waals surface area contributed by atoms with Gasteiger partial charge in [-0.2, -0.15) is 0 Å². The van der Waals surface area contributed by atoms with Crippen LogP contribution in [0.2, 0.25) is 0 Å². The van der Waals surface area contributed by atoms with Crippen molar-refractivity contribution in [3.8, 4) is 0 Å². The van der Waals surface area contributed by atoms with Gasteiger partial charge in [-0.25, -0.2) is 4.79 Å². The van der Waals surface area contributed by atoms with Gasteiger partial charge in [0.1, 0.15) is 0 Å². The van der Waals surface area contributed by atoms with Crippen molar-refractivity contribution in [2.45, 2.75) is 19.4 Å². The van der Waals surface area contributed by atoms with E-state index in [2.05, 4.69) is 21.2 Å². The summed E-state index contributed by atoms with van der Waals surface area (Å²) in [7, 11) is 0. The number of carboxylic acid groups (broad SMARTS) is 1. The van der Waals surface area contributed by atoms with Crippen LogP contribution in [0.3, 0.4) is 0 Å². The van der Waals surface area contributed by atoms with Crippen molar-refractivity contribution >= 4 is 27.8 Å². The summed E-state index contributed by atoms with van der Waals surface area (Å²) in [5, 5.41) is 11.1. The molecule has 18 heavy (non-hydrogen) atoms. The molecule has 0 aliphatic carbocycles. The van der Waals surface area contributed by atoms with Crippen LogP contribution in [-0.2, 0) is 16.0 Å². The quantitative estimate of drug-likeness (QED) is 0.702. The first-order valence-corrected chi connectivity index (χ1v) is 6.22. The van der Waals surface area contributed by atoms with E-state index >= 15 is 0 Å². The first-order chi connectivity index (χ1) is 8.41. The number of benzene rings is 1. The fourth-order valence-electron chi connectivity index (χ4n) is 1.45. The smallest absolute Gasteiger partial charge is 0.330 e. The Hall–Kier alpha value is -1.40. The highest BCUT2D eigenvalue weighted by Gasteiger charge is 2.20. The van der Waals surface area contributed by atoms with Gasteiger partial charge in [0, 0.05) is 11.0 Å². The van der Waals surface area contributed by atoms with Crippen LogP contribution in [0.1, 0.15) is 11.1 Å². The zero-order chi connectivity index (χ0) is 13.7. The molecule has 0 fully saturated rings. The van der Waals surface area contributed by atoms with E-state index in [0.717, 1.165) is 15.6 Å². The minimum Gasteiger partial charge on any atom is -0.480 e. The fourth-order valence-corrected chi connectivity index (χ4v) is 1.86. The Bertz CT molecular complexity index is 463. The van der Waals surface area contributed by atoms with Crippen molar-refractivity contribution in [3.05, 3.63) is 33.8 Å². The predicted molar refractivity (Wildman–Crippen MR) is 71.2 cm³/mol. The largest absolute Gasteiger partial charge is 0.480 e. The maximum Gasteiger partial charge on any atom is 0.330 e. The zero-order valence-corrected chi connectivity index (χ0v) is 11.5. The van der Waals surface area contributed by atoms with Crippen molar-refractivity contribution in [1.29, 1.82) is 0 Å². The molecule has 0 bridgehead atoms. The van der Waals surface area contributed by atoms with Crippen molar-refractivity contribution in [2.24, 2.45) is 5.73 Å². The SMILES string of the molecule is Cc1ccc(Br)cc1CCNC(=O)C(N)C(=O)O. The standard InChI is InChI=1S/C12H15BrN2O3/c1-7-2-3-9(13)6-8(7)4-5-15-11(16)10(14)12(17)18/h2-3,6,10H,4-5,14H2,1H3,(H,15,16)(H,17,18). The minimum absolute atomic E-state index is 0.358. The van der Waals surface area contributed by atoms with E-state index in [1.165, 1.54) is 0 Å². The third-order valence-corrected chi connectivity index (χ3v) is 3.05. The molecular formula is C12H15BrN2O3. The highest BCUT2D eigenvalue weighted by Crippen LogP contribution is 2.16. The first kappa shape index (κ1) is 14.7. The number of nitrogens with two attached hydrogens (primary N) is 1. The first-order valence-electron chi connectivity index (χ1n) is 5.43. The predicted octanol–water partition coefficient (Wildman–Crippen LogP) is 0.828. The number of nitrogens with one attached hydrogen (secondary N) is 1.